The minimum atomic E-state index is -0.321. The van der Waals surface area contributed by atoms with E-state index < -0.39 is 0 Å². The summed E-state index contributed by atoms with van der Waals surface area (Å²) in [5, 5.41) is 5.04. The fourth-order valence-corrected chi connectivity index (χ4v) is 3.22. The fourth-order valence-electron chi connectivity index (χ4n) is 2.51. The number of para-hydroxylation sites is 1. The van der Waals surface area contributed by atoms with Crippen molar-refractivity contribution in [2.45, 2.75) is 19.8 Å². The molecule has 1 aliphatic heterocycles. The van der Waals surface area contributed by atoms with E-state index in [0.29, 0.717) is 30.5 Å². The maximum atomic E-state index is 12.4. The van der Waals surface area contributed by atoms with Gasteiger partial charge in [0, 0.05) is 5.38 Å². The van der Waals surface area contributed by atoms with Gasteiger partial charge >= 0.3 is 5.97 Å². The average molecular weight is 346 g/mol. The van der Waals surface area contributed by atoms with E-state index >= 15 is 0 Å². The van der Waals surface area contributed by atoms with Gasteiger partial charge in [-0.15, -0.1) is 11.3 Å². The van der Waals surface area contributed by atoms with Crippen LogP contribution in [-0.4, -0.2) is 30.1 Å². The molecule has 0 saturated carbocycles. The second-order valence-corrected chi connectivity index (χ2v) is 6.29. The van der Waals surface area contributed by atoms with Crippen LogP contribution < -0.4 is 10.1 Å². The molecule has 1 aromatic carbocycles. The molecular formula is C17H18N2O4S. The minimum Gasteiger partial charge on any atom is -0.492 e. The lowest BCUT2D eigenvalue weighted by Crippen LogP contribution is -2.32. The van der Waals surface area contributed by atoms with E-state index in [2.05, 4.69) is 10.3 Å². The van der Waals surface area contributed by atoms with Crippen LogP contribution in [0.2, 0.25) is 0 Å². The van der Waals surface area contributed by atoms with Gasteiger partial charge in [-0.05, 0) is 25.0 Å². The summed E-state index contributed by atoms with van der Waals surface area (Å²) >= 11 is 1.30. The zero-order valence-electron chi connectivity index (χ0n) is 13.3. The van der Waals surface area contributed by atoms with Crippen LogP contribution in [0.3, 0.4) is 0 Å². The molecule has 6 nitrogen and oxygen atoms in total. The summed E-state index contributed by atoms with van der Waals surface area (Å²) in [6.45, 7) is 2.45. The Morgan fingerprint density at radius 1 is 1.42 bits per heavy atom. The summed E-state index contributed by atoms with van der Waals surface area (Å²) in [6.07, 6.45) is 0.753. The standard InChI is InChI=1S/C17H18N2O4S/c1-2-22-15(20)8-13-10-24-17(18-13)19-16(21)12-7-11-5-3-4-6-14(11)23-9-12/h3-6,10,12H,2,7-9H2,1H3,(H,18,19,21). The van der Waals surface area contributed by atoms with E-state index in [1.807, 2.05) is 24.3 Å². The fraction of sp³-hybridized carbons (Fsp3) is 0.353. The highest BCUT2D eigenvalue weighted by Gasteiger charge is 2.26. The first-order valence-electron chi connectivity index (χ1n) is 7.77. The number of amides is 1. The molecule has 1 N–H and O–H groups in total. The molecular weight excluding hydrogens is 328 g/mol. The Kier molecular flexibility index (Phi) is 5.10. The number of benzene rings is 1. The average Bonchev–Trinajstić information content (AvgIpc) is 3.01. The summed E-state index contributed by atoms with van der Waals surface area (Å²) in [5.41, 5.74) is 1.63. The Hall–Kier alpha value is -2.41. The highest BCUT2D eigenvalue weighted by Crippen LogP contribution is 2.27. The van der Waals surface area contributed by atoms with Crippen molar-refractivity contribution < 1.29 is 19.1 Å². The zero-order valence-corrected chi connectivity index (χ0v) is 14.1. The minimum absolute atomic E-state index is 0.111. The topological polar surface area (TPSA) is 77.5 Å². The number of esters is 1. The molecule has 24 heavy (non-hydrogen) atoms. The molecule has 3 rings (SSSR count). The predicted octanol–water partition coefficient (Wildman–Crippen LogP) is 2.44. The van der Waals surface area contributed by atoms with Crippen molar-refractivity contribution >= 4 is 28.3 Å². The maximum Gasteiger partial charge on any atom is 0.311 e. The maximum absolute atomic E-state index is 12.4. The zero-order chi connectivity index (χ0) is 16.9. The van der Waals surface area contributed by atoms with Gasteiger partial charge in [0.25, 0.3) is 0 Å². The number of nitrogens with zero attached hydrogens (tertiary/aromatic N) is 1. The number of carbonyl (C=O) groups is 2. The molecule has 2 heterocycles. The summed E-state index contributed by atoms with van der Waals surface area (Å²) in [4.78, 5) is 28.1. The smallest absolute Gasteiger partial charge is 0.311 e. The van der Waals surface area contributed by atoms with Gasteiger partial charge in [0.2, 0.25) is 5.91 Å². The number of thiazole rings is 1. The number of fused-ring (bicyclic) bond motifs is 1. The van der Waals surface area contributed by atoms with E-state index in [-0.39, 0.29) is 24.2 Å². The molecule has 1 atom stereocenters. The van der Waals surface area contributed by atoms with Gasteiger partial charge in [-0.2, -0.15) is 0 Å². The van der Waals surface area contributed by atoms with Crippen molar-refractivity contribution in [3.8, 4) is 5.75 Å². The molecule has 126 valence electrons. The third-order valence-corrected chi connectivity index (χ3v) is 4.47. The Labute approximate surface area is 143 Å². The summed E-state index contributed by atoms with van der Waals surface area (Å²) in [6, 6.07) is 7.73. The lowest BCUT2D eigenvalue weighted by atomic mass is 9.96. The monoisotopic (exact) mass is 346 g/mol. The molecule has 7 heteroatoms. The largest absolute Gasteiger partial charge is 0.492 e. The van der Waals surface area contributed by atoms with Gasteiger partial charge in [-0.3, -0.25) is 9.59 Å². The normalized spacial score (nSPS) is 16.0. The van der Waals surface area contributed by atoms with E-state index in [0.717, 1.165) is 11.3 Å². The van der Waals surface area contributed by atoms with Crippen LogP contribution in [0.15, 0.2) is 29.6 Å². The Morgan fingerprint density at radius 3 is 3.08 bits per heavy atom. The molecule has 1 aromatic heterocycles. The Balaban J connectivity index is 1.58. The summed E-state index contributed by atoms with van der Waals surface area (Å²) < 4.78 is 10.5. The first-order chi connectivity index (χ1) is 11.7. The van der Waals surface area contributed by atoms with Crippen LogP contribution >= 0.6 is 11.3 Å². The molecule has 0 aliphatic carbocycles. The first-order valence-corrected chi connectivity index (χ1v) is 8.65. The number of aromatic nitrogens is 1. The van der Waals surface area contributed by atoms with E-state index in [4.69, 9.17) is 9.47 Å². The summed E-state index contributed by atoms with van der Waals surface area (Å²) in [5.74, 6) is 0.143. The van der Waals surface area contributed by atoms with Crippen molar-refractivity contribution in [2.24, 2.45) is 5.92 Å². The number of hydrogen-bond donors (Lipinski definition) is 1. The number of nitrogens with one attached hydrogen (secondary N) is 1. The molecule has 1 unspecified atom stereocenters. The number of hydrogen-bond acceptors (Lipinski definition) is 6. The van der Waals surface area contributed by atoms with Crippen LogP contribution in [0, 0.1) is 5.92 Å². The summed E-state index contributed by atoms with van der Waals surface area (Å²) in [7, 11) is 0. The Bertz CT molecular complexity index is 744. The molecule has 1 amide bonds. The van der Waals surface area contributed by atoms with Gasteiger partial charge < -0.3 is 14.8 Å². The van der Waals surface area contributed by atoms with Crippen molar-refractivity contribution in [2.75, 3.05) is 18.5 Å². The first kappa shape index (κ1) is 16.4. The van der Waals surface area contributed by atoms with Crippen LogP contribution in [0.4, 0.5) is 5.13 Å². The van der Waals surface area contributed by atoms with E-state index in [1.54, 1.807) is 12.3 Å². The van der Waals surface area contributed by atoms with Crippen LogP contribution in [-0.2, 0) is 27.2 Å². The molecule has 2 aromatic rings. The van der Waals surface area contributed by atoms with Gasteiger partial charge in [0.1, 0.15) is 12.4 Å². The number of carbonyl (C=O) groups excluding carboxylic acids is 2. The van der Waals surface area contributed by atoms with E-state index in [9.17, 15) is 9.59 Å². The molecule has 0 spiro atoms. The van der Waals surface area contributed by atoms with Crippen LogP contribution in [0.1, 0.15) is 18.2 Å². The highest BCUT2D eigenvalue weighted by molar-refractivity contribution is 7.13. The second kappa shape index (κ2) is 7.44. The molecule has 1 aliphatic rings. The predicted molar refractivity (Wildman–Crippen MR) is 90.2 cm³/mol. The Morgan fingerprint density at radius 2 is 2.25 bits per heavy atom. The molecule has 0 radical (unpaired) electrons. The lowest BCUT2D eigenvalue weighted by Gasteiger charge is -2.24. The van der Waals surface area contributed by atoms with Crippen molar-refractivity contribution in [1.82, 2.24) is 4.98 Å². The number of anilines is 1. The molecule has 0 fully saturated rings. The quantitative estimate of drug-likeness (QED) is 0.842. The number of ether oxygens (including phenoxy) is 2. The van der Waals surface area contributed by atoms with E-state index in [1.165, 1.54) is 11.3 Å². The third-order valence-electron chi connectivity index (χ3n) is 3.66. The molecule has 0 bridgehead atoms. The van der Waals surface area contributed by atoms with Crippen molar-refractivity contribution in [1.29, 1.82) is 0 Å². The van der Waals surface area contributed by atoms with Crippen molar-refractivity contribution in [3.63, 3.8) is 0 Å². The lowest BCUT2D eigenvalue weighted by molar-refractivity contribution is -0.142. The van der Waals surface area contributed by atoms with Gasteiger partial charge in [-0.1, -0.05) is 18.2 Å². The molecule has 0 saturated heterocycles. The third kappa shape index (κ3) is 3.91. The van der Waals surface area contributed by atoms with Gasteiger partial charge in [0.05, 0.1) is 24.6 Å². The number of rotatable bonds is 5. The van der Waals surface area contributed by atoms with Crippen LogP contribution in [0.5, 0.6) is 5.75 Å². The van der Waals surface area contributed by atoms with Gasteiger partial charge in [0.15, 0.2) is 5.13 Å². The van der Waals surface area contributed by atoms with Gasteiger partial charge in [-0.25, -0.2) is 4.98 Å². The van der Waals surface area contributed by atoms with Crippen LogP contribution in [0.25, 0.3) is 0 Å². The highest BCUT2D eigenvalue weighted by atomic mass is 32.1. The van der Waals surface area contributed by atoms with Crippen molar-refractivity contribution in [3.05, 3.63) is 40.9 Å². The SMILES string of the molecule is CCOC(=O)Cc1csc(NC(=O)C2COc3ccccc3C2)n1. The second-order valence-electron chi connectivity index (χ2n) is 5.43.